The number of hydrogen-bond donors (Lipinski definition) is 1. The molecule has 0 unspecified atom stereocenters. The van der Waals surface area contributed by atoms with Gasteiger partial charge in [-0.15, -0.1) is 0 Å². The standard InChI is InChI=1S/C12H7Br3N2O/c13-7-1-3-9(10(15)5-7)12(18)17-11-4-2-8(14)6-16-11/h1-6H,(H,16,17,18). The molecule has 0 bridgehead atoms. The Kier molecular flexibility index (Phi) is 4.53. The molecule has 0 aliphatic carbocycles. The molecule has 0 saturated carbocycles. The summed E-state index contributed by atoms with van der Waals surface area (Å²) < 4.78 is 2.50. The van der Waals surface area contributed by atoms with E-state index >= 15 is 0 Å². The Morgan fingerprint density at radius 2 is 1.78 bits per heavy atom. The second-order valence-corrected chi connectivity index (χ2v) is 6.13. The molecular weight excluding hydrogens is 428 g/mol. The summed E-state index contributed by atoms with van der Waals surface area (Å²) in [5, 5.41) is 2.73. The van der Waals surface area contributed by atoms with E-state index in [1.54, 1.807) is 18.3 Å². The fourth-order valence-corrected chi connectivity index (χ4v) is 2.77. The Morgan fingerprint density at radius 3 is 2.39 bits per heavy atom. The average Bonchev–Trinajstić information content (AvgIpc) is 2.32. The molecule has 92 valence electrons. The third-order valence-corrected chi connectivity index (χ3v) is 3.76. The number of benzene rings is 1. The van der Waals surface area contributed by atoms with E-state index in [0.717, 1.165) is 13.4 Å². The van der Waals surface area contributed by atoms with E-state index in [2.05, 4.69) is 58.1 Å². The number of pyridine rings is 1. The molecule has 0 aliphatic heterocycles. The van der Waals surface area contributed by atoms with Gasteiger partial charge in [0.2, 0.25) is 0 Å². The van der Waals surface area contributed by atoms with Gasteiger partial charge in [-0.1, -0.05) is 15.9 Å². The summed E-state index contributed by atoms with van der Waals surface area (Å²) in [4.78, 5) is 16.1. The van der Waals surface area contributed by atoms with Crippen molar-refractivity contribution in [2.24, 2.45) is 0 Å². The lowest BCUT2D eigenvalue weighted by molar-refractivity contribution is 0.102. The number of hydrogen-bond acceptors (Lipinski definition) is 2. The first kappa shape index (κ1) is 13.7. The lowest BCUT2D eigenvalue weighted by Crippen LogP contribution is -2.13. The van der Waals surface area contributed by atoms with Gasteiger partial charge in [0, 0.05) is 19.6 Å². The van der Waals surface area contributed by atoms with Gasteiger partial charge in [0.05, 0.1) is 5.56 Å². The van der Waals surface area contributed by atoms with Crippen molar-refractivity contribution < 1.29 is 4.79 Å². The average molecular weight is 435 g/mol. The number of halogens is 3. The van der Waals surface area contributed by atoms with Gasteiger partial charge in [-0.3, -0.25) is 4.79 Å². The maximum atomic E-state index is 12.0. The van der Waals surface area contributed by atoms with Crippen molar-refractivity contribution in [3.8, 4) is 0 Å². The summed E-state index contributed by atoms with van der Waals surface area (Å²) in [6, 6.07) is 8.93. The van der Waals surface area contributed by atoms with Crippen LogP contribution in [0, 0.1) is 0 Å². The van der Waals surface area contributed by atoms with Gasteiger partial charge in [-0.05, 0) is 62.2 Å². The van der Waals surface area contributed by atoms with Crippen molar-refractivity contribution in [2.75, 3.05) is 5.32 Å². The topological polar surface area (TPSA) is 42.0 Å². The molecule has 2 aromatic rings. The number of anilines is 1. The smallest absolute Gasteiger partial charge is 0.257 e. The zero-order valence-corrected chi connectivity index (χ0v) is 13.7. The quantitative estimate of drug-likeness (QED) is 0.749. The van der Waals surface area contributed by atoms with Crippen molar-refractivity contribution in [1.29, 1.82) is 0 Å². The van der Waals surface area contributed by atoms with Crippen molar-refractivity contribution in [2.45, 2.75) is 0 Å². The van der Waals surface area contributed by atoms with Crippen molar-refractivity contribution in [1.82, 2.24) is 4.98 Å². The summed E-state index contributed by atoms with van der Waals surface area (Å²) in [5.74, 6) is 0.308. The highest BCUT2D eigenvalue weighted by Crippen LogP contribution is 2.22. The van der Waals surface area contributed by atoms with Crippen LogP contribution in [0.15, 0.2) is 49.9 Å². The molecule has 1 amide bonds. The highest BCUT2D eigenvalue weighted by Gasteiger charge is 2.10. The number of amides is 1. The summed E-state index contributed by atoms with van der Waals surface area (Å²) in [7, 11) is 0. The number of carbonyl (C=O) groups is 1. The minimum atomic E-state index is -0.204. The third-order valence-electron chi connectivity index (χ3n) is 2.14. The van der Waals surface area contributed by atoms with E-state index in [1.165, 1.54) is 0 Å². The van der Waals surface area contributed by atoms with Gasteiger partial charge >= 0.3 is 0 Å². The van der Waals surface area contributed by atoms with E-state index in [4.69, 9.17) is 0 Å². The number of aromatic nitrogens is 1. The minimum absolute atomic E-state index is 0.204. The van der Waals surface area contributed by atoms with Crippen LogP contribution in [0.5, 0.6) is 0 Å². The van der Waals surface area contributed by atoms with Gasteiger partial charge in [0.15, 0.2) is 0 Å². The Hall–Kier alpha value is -0.720. The number of rotatable bonds is 2. The van der Waals surface area contributed by atoms with Crippen LogP contribution in [0.2, 0.25) is 0 Å². The van der Waals surface area contributed by atoms with Gasteiger partial charge in [0.1, 0.15) is 5.82 Å². The first-order valence-corrected chi connectivity index (χ1v) is 7.32. The number of nitrogens with one attached hydrogen (secondary N) is 1. The summed E-state index contributed by atoms with van der Waals surface area (Å²) >= 11 is 9.98. The molecule has 0 fully saturated rings. The van der Waals surface area contributed by atoms with E-state index < -0.39 is 0 Å². The van der Waals surface area contributed by atoms with Crippen LogP contribution in [0.25, 0.3) is 0 Å². The second kappa shape index (κ2) is 5.95. The van der Waals surface area contributed by atoms with Crippen LogP contribution in [0.4, 0.5) is 5.82 Å². The molecule has 1 heterocycles. The maximum Gasteiger partial charge on any atom is 0.257 e. The van der Waals surface area contributed by atoms with Crippen molar-refractivity contribution in [3.05, 3.63) is 55.5 Å². The Balaban J connectivity index is 2.19. The molecule has 0 radical (unpaired) electrons. The number of nitrogens with zero attached hydrogens (tertiary/aromatic N) is 1. The van der Waals surface area contributed by atoms with Crippen LogP contribution in [0.1, 0.15) is 10.4 Å². The first-order valence-electron chi connectivity index (χ1n) is 4.94. The monoisotopic (exact) mass is 432 g/mol. The third kappa shape index (κ3) is 3.40. The lowest BCUT2D eigenvalue weighted by atomic mass is 10.2. The van der Waals surface area contributed by atoms with Crippen LogP contribution >= 0.6 is 47.8 Å². The summed E-state index contributed by atoms with van der Waals surface area (Å²) in [6.07, 6.45) is 1.63. The summed E-state index contributed by atoms with van der Waals surface area (Å²) in [6.45, 7) is 0. The van der Waals surface area contributed by atoms with E-state index in [-0.39, 0.29) is 5.91 Å². The highest BCUT2D eigenvalue weighted by molar-refractivity contribution is 9.11. The van der Waals surface area contributed by atoms with Crippen LogP contribution in [-0.2, 0) is 0 Å². The van der Waals surface area contributed by atoms with Crippen molar-refractivity contribution in [3.63, 3.8) is 0 Å². The second-order valence-electron chi connectivity index (χ2n) is 3.44. The molecule has 3 nitrogen and oxygen atoms in total. The van der Waals surface area contributed by atoms with Crippen LogP contribution < -0.4 is 5.32 Å². The molecule has 1 aromatic carbocycles. The molecule has 1 aromatic heterocycles. The van der Waals surface area contributed by atoms with E-state index in [1.807, 2.05) is 18.2 Å². The Bertz CT molecular complexity index is 584. The lowest BCUT2D eigenvalue weighted by Gasteiger charge is -2.06. The normalized spacial score (nSPS) is 10.2. The maximum absolute atomic E-state index is 12.0. The molecule has 0 saturated heterocycles. The largest absolute Gasteiger partial charge is 0.307 e. The molecule has 1 N–H and O–H groups in total. The van der Waals surface area contributed by atoms with Gasteiger partial charge < -0.3 is 5.32 Å². The van der Waals surface area contributed by atoms with Crippen LogP contribution in [0.3, 0.4) is 0 Å². The molecule has 0 atom stereocenters. The Morgan fingerprint density at radius 1 is 1.06 bits per heavy atom. The number of carbonyl (C=O) groups excluding carboxylic acids is 1. The first-order chi connectivity index (χ1) is 8.56. The zero-order valence-electron chi connectivity index (χ0n) is 8.95. The Labute approximate surface area is 129 Å². The fraction of sp³-hybridized carbons (Fsp3) is 0. The highest BCUT2D eigenvalue weighted by atomic mass is 79.9. The van der Waals surface area contributed by atoms with Gasteiger partial charge in [0.25, 0.3) is 5.91 Å². The fourth-order valence-electron chi connectivity index (χ4n) is 1.31. The predicted molar refractivity (Wildman–Crippen MR) is 81.7 cm³/mol. The zero-order chi connectivity index (χ0) is 13.1. The SMILES string of the molecule is O=C(Nc1ccc(Br)cn1)c1ccc(Br)cc1Br. The molecular formula is C12H7Br3N2O. The molecule has 18 heavy (non-hydrogen) atoms. The molecule has 2 rings (SSSR count). The van der Waals surface area contributed by atoms with Gasteiger partial charge in [-0.25, -0.2) is 4.98 Å². The predicted octanol–water partition coefficient (Wildman–Crippen LogP) is 4.62. The molecule has 0 spiro atoms. The van der Waals surface area contributed by atoms with E-state index in [9.17, 15) is 4.79 Å². The molecule has 6 heteroatoms. The summed E-state index contributed by atoms with van der Waals surface area (Å²) in [5.41, 5.74) is 0.558. The molecule has 0 aliphatic rings. The van der Waals surface area contributed by atoms with Crippen molar-refractivity contribution >= 4 is 59.5 Å². The minimum Gasteiger partial charge on any atom is -0.307 e. The van der Waals surface area contributed by atoms with Crippen LogP contribution in [-0.4, -0.2) is 10.9 Å². The van der Waals surface area contributed by atoms with Gasteiger partial charge in [-0.2, -0.15) is 0 Å². The van der Waals surface area contributed by atoms with E-state index in [0.29, 0.717) is 11.4 Å².